The zero-order valence-corrected chi connectivity index (χ0v) is 26.5. The molecule has 0 fully saturated rings. The summed E-state index contributed by atoms with van der Waals surface area (Å²) in [7, 11) is 0. The monoisotopic (exact) mass is 556 g/mol. The molecular weight excluding hydrogens is 508 g/mol. The highest BCUT2D eigenvalue weighted by Crippen LogP contribution is 2.34. The van der Waals surface area contributed by atoms with Crippen molar-refractivity contribution in [2.75, 3.05) is 19.8 Å². The van der Waals surface area contributed by atoms with Crippen molar-refractivity contribution in [1.82, 2.24) is 0 Å². The molecule has 0 radical (unpaired) electrons. The molecule has 0 heterocycles. The van der Waals surface area contributed by atoms with Crippen LogP contribution >= 0.6 is 0 Å². The Morgan fingerprint density at radius 3 is 1.88 bits per heavy atom. The lowest BCUT2D eigenvalue weighted by atomic mass is 9.79. The topological polar surface area (TPSA) is 44.8 Å². The van der Waals surface area contributed by atoms with Gasteiger partial charge in [0.25, 0.3) is 0 Å². The second-order valence-electron chi connectivity index (χ2n) is 12.6. The van der Waals surface area contributed by atoms with Gasteiger partial charge in [0, 0.05) is 13.0 Å². The largest absolute Gasteiger partial charge is 0.490 e. The average molecular weight is 557 g/mol. The second kappa shape index (κ2) is 14.0. The summed E-state index contributed by atoms with van der Waals surface area (Å²) in [6, 6.07) is 23.6. The number of rotatable bonds is 11. The summed E-state index contributed by atoms with van der Waals surface area (Å²) < 4.78 is 16.7. The summed E-state index contributed by atoms with van der Waals surface area (Å²) in [6.45, 7) is 20.7. The average Bonchev–Trinajstić information content (AvgIpc) is 2.92. The van der Waals surface area contributed by atoms with E-state index in [0.29, 0.717) is 26.2 Å². The molecule has 0 bridgehead atoms. The Morgan fingerprint density at radius 2 is 1.37 bits per heavy atom. The van der Waals surface area contributed by atoms with Gasteiger partial charge in [-0.15, -0.1) is 0 Å². The molecule has 0 aliphatic carbocycles. The van der Waals surface area contributed by atoms with E-state index in [9.17, 15) is 4.79 Å². The van der Waals surface area contributed by atoms with E-state index in [1.807, 2.05) is 31.2 Å². The molecule has 4 nitrogen and oxygen atoms in total. The van der Waals surface area contributed by atoms with Gasteiger partial charge in [-0.05, 0) is 88.8 Å². The molecule has 0 aromatic heterocycles. The molecule has 4 heteroatoms. The maximum Gasteiger partial charge on any atom is 0.335 e. The fraction of sp³-hybridized carbons (Fsp3) is 0.432. The number of esters is 1. The number of benzene rings is 3. The SMILES string of the molecule is CCOC(=O)[C@H](Cc1ccc(OCC=C(C)c2ccc(-c3cc(C(C)(C)C)cc(C(C)(C)C)c3)cc2)cc1)OCC. The van der Waals surface area contributed by atoms with Gasteiger partial charge in [-0.1, -0.05) is 96.1 Å². The Kier molecular flexibility index (Phi) is 11.0. The molecule has 0 aliphatic rings. The molecule has 0 N–H and O–H groups in total. The van der Waals surface area contributed by atoms with E-state index in [2.05, 4.69) is 97.0 Å². The van der Waals surface area contributed by atoms with Gasteiger partial charge < -0.3 is 14.2 Å². The molecule has 0 saturated carbocycles. The van der Waals surface area contributed by atoms with Crippen LogP contribution in [0.25, 0.3) is 16.7 Å². The van der Waals surface area contributed by atoms with Crippen LogP contribution in [-0.4, -0.2) is 31.9 Å². The normalized spacial score (nSPS) is 13.1. The van der Waals surface area contributed by atoms with E-state index in [0.717, 1.165) is 11.3 Å². The van der Waals surface area contributed by atoms with Crippen LogP contribution in [0.1, 0.15) is 84.6 Å². The van der Waals surface area contributed by atoms with Gasteiger partial charge >= 0.3 is 5.97 Å². The van der Waals surface area contributed by atoms with Crippen molar-refractivity contribution in [2.24, 2.45) is 0 Å². The Bertz CT molecular complexity index is 1270. The number of ether oxygens (including phenoxy) is 3. The van der Waals surface area contributed by atoms with Gasteiger partial charge in [0.1, 0.15) is 12.4 Å². The molecule has 0 saturated heterocycles. The Balaban J connectivity index is 1.65. The van der Waals surface area contributed by atoms with Gasteiger partial charge in [0.05, 0.1) is 6.61 Å². The minimum absolute atomic E-state index is 0.0874. The van der Waals surface area contributed by atoms with Crippen LogP contribution in [0.3, 0.4) is 0 Å². The highest BCUT2D eigenvalue weighted by molar-refractivity contribution is 5.75. The summed E-state index contributed by atoms with van der Waals surface area (Å²) in [5.74, 6) is 0.460. The molecule has 0 spiro atoms. The predicted octanol–water partition coefficient (Wildman–Crippen LogP) is 8.94. The molecular formula is C37H48O4. The summed E-state index contributed by atoms with van der Waals surface area (Å²) in [4.78, 5) is 12.1. The van der Waals surface area contributed by atoms with Crippen LogP contribution in [-0.2, 0) is 31.5 Å². The van der Waals surface area contributed by atoms with Gasteiger partial charge in [0.2, 0.25) is 0 Å². The molecule has 0 aliphatic heterocycles. The van der Waals surface area contributed by atoms with Crippen molar-refractivity contribution < 1.29 is 19.0 Å². The predicted molar refractivity (Wildman–Crippen MR) is 171 cm³/mol. The minimum Gasteiger partial charge on any atom is -0.490 e. The molecule has 41 heavy (non-hydrogen) atoms. The summed E-state index contributed by atoms with van der Waals surface area (Å²) >= 11 is 0. The van der Waals surface area contributed by atoms with Crippen LogP contribution < -0.4 is 4.74 Å². The fourth-order valence-electron chi connectivity index (χ4n) is 4.55. The maximum atomic E-state index is 12.1. The molecule has 3 rings (SSSR count). The first-order chi connectivity index (χ1) is 19.3. The highest BCUT2D eigenvalue weighted by atomic mass is 16.6. The molecule has 0 unspecified atom stereocenters. The van der Waals surface area contributed by atoms with Crippen molar-refractivity contribution in [3.63, 3.8) is 0 Å². The number of carbonyl (C=O) groups excluding carboxylic acids is 1. The molecule has 1 atom stereocenters. The highest BCUT2D eigenvalue weighted by Gasteiger charge is 2.22. The lowest BCUT2D eigenvalue weighted by molar-refractivity contribution is -0.156. The molecule has 3 aromatic rings. The third-order valence-electron chi connectivity index (χ3n) is 7.24. The lowest BCUT2D eigenvalue weighted by Gasteiger charge is -2.26. The van der Waals surface area contributed by atoms with E-state index in [1.165, 1.54) is 33.4 Å². The van der Waals surface area contributed by atoms with Crippen molar-refractivity contribution in [3.8, 4) is 16.9 Å². The van der Waals surface area contributed by atoms with Gasteiger partial charge in [-0.2, -0.15) is 0 Å². The number of carbonyl (C=O) groups is 1. The summed E-state index contributed by atoms with van der Waals surface area (Å²) in [5.41, 5.74) is 8.72. The number of hydrogen-bond acceptors (Lipinski definition) is 4. The Hall–Kier alpha value is -3.37. The minimum atomic E-state index is -0.591. The quantitative estimate of drug-likeness (QED) is 0.221. The van der Waals surface area contributed by atoms with Crippen LogP contribution in [0.4, 0.5) is 0 Å². The zero-order valence-electron chi connectivity index (χ0n) is 26.5. The summed E-state index contributed by atoms with van der Waals surface area (Å²) in [6.07, 6.45) is 1.99. The van der Waals surface area contributed by atoms with E-state index in [1.54, 1.807) is 6.92 Å². The van der Waals surface area contributed by atoms with E-state index in [-0.39, 0.29) is 16.8 Å². The number of hydrogen-bond donors (Lipinski definition) is 0. The van der Waals surface area contributed by atoms with Crippen LogP contribution in [0, 0.1) is 0 Å². The summed E-state index contributed by atoms with van der Waals surface area (Å²) in [5, 5.41) is 0. The third-order valence-corrected chi connectivity index (χ3v) is 7.24. The smallest absolute Gasteiger partial charge is 0.335 e. The van der Waals surface area contributed by atoms with E-state index < -0.39 is 6.10 Å². The first-order valence-corrected chi connectivity index (χ1v) is 14.8. The molecule has 0 amide bonds. The van der Waals surface area contributed by atoms with Crippen molar-refractivity contribution in [1.29, 1.82) is 0 Å². The number of allylic oxidation sites excluding steroid dienone is 1. The van der Waals surface area contributed by atoms with Gasteiger partial charge in [-0.3, -0.25) is 0 Å². The van der Waals surface area contributed by atoms with Crippen molar-refractivity contribution >= 4 is 11.5 Å². The van der Waals surface area contributed by atoms with E-state index >= 15 is 0 Å². The van der Waals surface area contributed by atoms with Gasteiger partial charge in [0.15, 0.2) is 6.10 Å². The zero-order chi connectivity index (χ0) is 30.2. The standard InChI is InChI=1S/C37H48O4/c1-10-39-34(35(38)40-11-2)22-27-12-18-33(19-13-27)41-21-20-26(3)28-14-16-29(17-15-28)30-23-31(36(4,5)6)25-32(24-30)37(7,8)9/h12-20,23-25,34H,10-11,21-22H2,1-9H3/t34-/m0/s1. The van der Waals surface area contributed by atoms with Gasteiger partial charge in [-0.25, -0.2) is 4.79 Å². The Morgan fingerprint density at radius 1 is 0.780 bits per heavy atom. The van der Waals surface area contributed by atoms with Crippen LogP contribution in [0.15, 0.2) is 72.8 Å². The van der Waals surface area contributed by atoms with Crippen molar-refractivity contribution in [2.45, 2.75) is 85.7 Å². The second-order valence-corrected chi connectivity index (χ2v) is 12.6. The molecule has 220 valence electrons. The third kappa shape index (κ3) is 9.33. The maximum absolute atomic E-state index is 12.1. The van der Waals surface area contributed by atoms with Crippen molar-refractivity contribution in [3.05, 3.63) is 95.1 Å². The van der Waals surface area contributed by atoms with E-state index in [4.69, 9.17) is 14.2 Å². The van der Waals surface area contributed by atoms with Crippen LogP contribution in [0.2, 0.25) is 0 Å². The lowest BCUT2D eigenvalue weighted by Crippen LogP contribution is -2.28. The Labute approximate surface area is 247 Å². The first-order valence-electron chi connectivity index (χ1n) is 14.8. The van der Waals surface area contributed by atoms with Crippen LogP contribution in [0.5, 0.6) is 5.75 Å². The first kappa shape index (κ1) is 32.1. The molecule has 3 aromatic carbocycles. The fourth-order valence-corrected chi connectivity index (χ4v) is 4.55.